The Bertz CT molecular complexity index is 1180. The van der Waals surface area contributed by atoms with Gasteiger partial charge in [-0.1, -0.05) is 48.0 Å². The smallest absolute Gasteiger partial charge is 0.282 e. The van der Waals surface area contributed by atoms with E-state index in [2.05, 4.69) is 10.6 Å². The average Bonchev–Trinajstić information content (AvgIpc) is 3.00. The number of amides is 3. The van der Waals surface area contributed by atoms with Crippen molar-refractivity contribution in [2.24, 2.45) is 0 Å². The van der Waals surface area contributed by atoms with Crippen molar-refractivity contribution in [2.45, 2.75) is 13.8 Å². The van der Waals surface area contributed by atoms with Crippen molar-refractivity contribution in [3.63, 3.8) is 0 Å². The van der Waals surface area contributed by atoms with Crippen molar-refractivity contribution in [3.05, 3.63) is 95.7 Å². The molecule has 1 aliphatic heterocycles. The number of carbonyl (C=O) groups is 3. The standard InChI is InChI=1S/C25H21N3O3/c1-16-8-10-20(11-9-16)27-23-22(18-6-4-3-5-7-18)24(30)28(25(23)31)21-14-12-19(13-15-21)26-17(2)29/h3-15,27H,1-2H3,(H,26,29). The molecule has 3 aromatic rings. The Kier molecular flexibility index (Phi) is 5.37. The zero-order chi connectivity index (χ0) is 22.0. The summed E-state index contributed by atoms with van der Waals surface area (Å²) in [5, 5.41) is 5.82. The van der Waals surface area contributed by atoms with Gasteiger partial charge in [-0.3, -0.25) is 14.4 Å². The highest BCUT2D eigenvalue weighted by Crippen LogP contribution is 2.34. The molecule has 1 heterocycles. The summed E-state index contributed by atoms with van der Waals surface area (Å²) < 4.78 is 0. The Labute approximate surface area is 180 Å². The van der Waals surface area contributed by atoms with Gasteiger partial charge in [0.1, 0.15) is 5.70 Å². The van der Waals surface area contributed by atoms with Gasteiger partial charge in [0.2, 0.25) is 5.91 Å². The third-order valence-electron chi connectivity index (χ3n) is 4.91. The molecule has 3 aromatic carbocycles. The van der Waals surface area contributed by atoms with Gasteiger partial charge >= 0.3 is 0 Å². The largest absolute Gasteiger partial charge is 0.350 e. The summed E-state index contributed by atoms with van der Waals surface area (Å²) in [7, 11) is 0. The van der Waals surface area contributed by atoms with Crippen LogP contribution >= 0.6 is 0 Å². The van der Waals surface area contributed by atoms with Crippen molar-refractivity contribution in [3.8, 4) is 0 Å². The molecule has 0 atom stereocenters. The Hall–Kier alpha value is -4.19. The minimum Gasteiger partial charge on any atom is -0.350 e. The minimum absolute atomic E-state index is 0.196. The van der Waals surface area contributed by atoms with E-state index in [4.69, 9.17) is 0 Å². The number of carbonyl (C=O) groups excluding carboxylic acids is 3. The van der Waals surface area contributed by atoms with E-state index in [1.54, 1.807) is 36.4 Å². The molecule has 4 rings (SSSR count). The lowest BCUT2D eigenvalue weighted by Gasteiger charge is -2.16. The molecule has 2 N–H and O–H groups in total. The fourth-order valence-corrected chi connectivity index (χ4v) is 3.43. The second-order valence-corrected chi connectivity index (χ2v) is 7.28. The Morgan fingerprint density at radius 3 is 2.00 bits per heavy atom. The highest BCUT2D eigenvalue weighted by atomic mass is 16.2. The number of rotatable bonds is 5. The molecule has 0 aliphatic carbocycles. The van der Waals surface area contributed by atoms with Crippen molar-refractivity contribution >= 4 is 40.4 Å². The first kappa shape index (κ1) is 20.1. The topological polar surface area (TPSA) is 78.5 Å². The summed E-state index contributed by atoms with van der Waals surface area (Å²) in [6, 6.07) is 23.3. The number of aryl methyl sites for hydroxylation is 1. The number of anilines is 3. The van der Waals surface area contributed by atoms with E-state index >= 15 is 0 Å². The minimum atomic E-state index is -0.434. The average molecular weight is 411 g/mol. The predicted molar refractivity (Wildman–Crippen MR) is 121 cm³/mol. The summed E-state index contributed by atoms with van der Waals surface area (Å²) in [5.41, 5.74) is 4.04. The lowest BCUT2D eigenvalue weighted by atomic mass is 10.0. The Morgan fingerprint density at radius 2 is 1.39 bits per heavy atom. The highest BCUT2D eigenvalue weighted by Gasteiger charge is 2.40. The molecule has 0 radical (unpaired) electrons. The third-order valence-corrected chi connectivity index (χ3v) is 4.91. The molecular weight excluding hydrogens is 390 g/mol. The molecule has 0 fully saturated rings. The van der Waals surface area contributed by atoms with Crippen LogP contribution in [0.4, 0.5) is 17.1 Å². The third kappa shape index (κ3) is 4.09. The van der Waals surface area contributed by atoms with Crippen LogP contribution in [0.25, 0.3) is 5.57 Å². The van der Waals surface area contributed by atoms with Crippen LogP contribution < -0.4 is 15.5 Å². The molecule has 0 aromatic heterocycles. The summed E-state index contributed by atoms with van der Waals surface area (Å²) in [4.78, 5) is 39.1. The van der Waals surface area contributed by atoms with Crippen LogP contribution in [0.3, 0.4) is 0 Å². The summed E-state index contributed by atoms with van der Waals surface area (Å²) in [6.07, 6.45) is 0. The quantitative estimate of drug-likeness (QED) is 0.612. The van der Waals surface area contributed by atoms with Crippen molar-refractivity contribution in [1.29, 1.82) is 0 Å². The molecule has 0 bridgehead atoms. The summed E-state index contributed by atoms with van der Waals surface area (Å²) in [6.45, 7) is 3.40. The predicted octanol–water partition coefficient (Wildman–Crippen LogP) is 4.35. The fourth-order valence-electron chi connectivity index (χ4n) is 3.43. The van der Waals surface area contributed by atoms with E-state index < -0.39 is 11.8 Å². The number of imide groups is 1. The number of nitrogens with zero attached hydrogens (tertiary/aromatic N) is 1. The summed E-state index contributed by atoms with van der Waals surface area (Å²) in [5.74, 6) is -1.03. The van der Waals surface area contributed by atoms with E-state index in [1.807, 2.05) is 49.4 Å². The molecule has 154 valence electrons. The SMILES string of the molecule is CC(=O)Nc1ccc(N2C(=O)C(Nc3ccc(C)cc3)=C(c3ccccc3)C2=O)cc1. The molecule has 0 saturated heterocycles. The molecule has 1 aliphatic rings. The van der Waals surface area contributed by atoms with Gasteiger partial charge in [0.05, 0.1) is 11.3 Å². The monoisotopic (exact) mass is 411 g/mol. The van der Waals surface area contributed by atoms with Crippen molar-refractivity contribution < 1.29 is 14.4 Å². The van der Waals surface area contributed by atoms with Gasteiger partial charge in [0.15, 0.2) is 0 Å². The maximum atomic E-state index is 13.4. The lowest BCUT2D eigenvalue weighted by Crippen LogP contribution is -2.32. The van der Waals surface area contributed by atoms with Gasteiger partial charge in [-0.25, -0.2) is 4.90 Å². The fraction of sp³-hybridized carbons (Fsp3) is 0.0800. The number of benzene rings is 3. The van der Waals surface area contributed by atoms with Crippen LogP contribution in [0.2, 0.25) is 0 Å². The molecular formula is C25H21N3O3. The van der Waals surface area contributed by atoms with E-state index in [0.717, 1.165) is 16.2 Å². The molecule has 6 heteroatoms. The van der Waals surface area contributed by atoms with E-state index in [1.165, 1.54) is 6.92 Å². The van der Waals surface area contributed by atoms with Gasteiger partial charge in [0, 0.05) is 18.3 Å². The molecule has 3 amide bonds. The number of hydrogen-bond acceptors (Lipinski definition) is 4. The van der Waals surface area contributed by atoms with Crippen LogP contribution in [-0.4, -0.2) is 17.7 Å². The second-order valence-electron chi connectivity index (χ2n) is 7.28. The van der Waals surface area contributed by atoms with E-state index in [-0.39, 0.29) is 11.6 Å². The first-order valence-electron chi connectivity index (χ1n) is 9.84. The highest BCUT2D eigenvalue weighted by molar-refractivity contribution is 6.46. The van der Waals surface area contributed by atoms with Gasteiger partial charge < -0.3 is 10.6 Å². The zero-order valence-electron chi connectivity index (χ0n) is 17.2. The first-order valence-corrected chi connectivity index (χ1v) is 9.84. The Balaban J connectivity index is 1.73. The molecule has 31 heavy (non-hydrogen) atoms. The first-order chi connectivity index (χ1) is 14.9. The summed E-state index contributed by atoms with van der Waals surface area (Å²) >= 11 is 0. The van der Waals surface area contributed by atoms with Crippen molar-refractivity contribution in [1.82, 2.24) is 0 Å². The maximum absolute atomic E-state index is 13.4. The second kappa shape index (κ2) is 8.28. The molecule has 6 nitrogen and oxygen atoms in total. The molecule has 0 saturated carbocycles. The Morgan fingerprint density at radius 1 is 0.774 bits per heavy atom. The van der Waals surface area contributed by atoms with Gasteiger partial charge in [0.25, 0.3) is 11.8 Å². The van der Waals surface area contributed by atoms with Gasteiger partial charge in [-0.2, -0.15) is 0 Å². The van der Waals surface area contributed by atoms with E-state index in [0.29, 0.717) is 22.5 Å². The maximum Gasteiger partial charge on any atom is 0.282 e. The van der Waals surface area contributed by atoms with Gasteiger partial charge in [-0.15, -0.1) is 0 Å². The van der Waals surface area contributed by atoms with E-state index in [9.17, 15) is 14.4 Å². The number of nitrogens with one attached hydrogen (secondary N) is 2. The van der Waals surface area contributed by atoms with Crippen molar-refractivity contribution in [2.75, 3.05) is 15.5 Å². The molecule has 0 spiro atoms. The normalized spacial score (nSPS) is 13.5. The van der Waals surface area contributed by atoms with Crippen LogP contribution in [0.1, 0.15) is 18.1 Å². The van der Waals surface area contributed by atoms with Crippen LogP contribution in [0.5, 0.6) is 0 Å². The van der Waals surface area contributed by atoms with Gasteiger partial charge in [-0.05, 0) is 48.9 Å². The van der Waals surface area contributed by atoms with Crippen LogP contribution in [-0.2, 0) is 14.4 Å². The number of hydrogen-bond donors (Lipinski definition) is 2. The van der Waals surface area contributed by atoms with Crippen LogP contribution in [0.15, 0.2) is 84.6 Å². The van der Waals surface area contributed by atoms with Crippen LogP contribution in [0, 0.1) is 6.92 Å². The molecule has 0 unspecified atom stereocenters. The lowest BCUT2D eigenvalue weighted by molar-refractivity contribution is -0.120. The zero-order valence-corrected chi connectivity index (χ0v) is 17.2.